The first kappa shape index (κ1) is 34.0. The second-order valence-corrected chi connectivity index (χ2v) is 14.5. The van der Waals surface area contributed by atoms with E-state index in [1.807, 2.05) is 0 Å². The van der Waals surface area contributed by atoms with Crippen LogP contribution in [0, 0.1) is 0 Å². The Hall–Kier alpha value is -7.48. The minimum Gasteiger partial charge on any atom is -0.310 e. The van der Waals surface area contributed by atoms with Gasteiger partial charge in [0.05, 0.1) is 0 Å². The maximum atomic E-state index is 2.42. The molecule has 10 rings (SSSR count). The van der Waals surface area contributed by atoms with E-state index in [-0.39, 0.29) is 0 Å². The standard InChI is InChI=1S/C56H39N/c1-4-17-40(18-5-1)49-26-12-14-29-53(49)54-30-15-13-28-51(54)45-24-16-25-46(37-45)57(47-34-33-44-32-31-43-23-10-11-27-50(43)56(44)38-47)48-35-36-52(41-19-6-2-7-20-41)55(39-48)42-21-8-3-9-22-42/h1-39H. The first-order chi connectivity index (χ1) is 28.3. The molecule has 0 aliphatic carbocycles. The molecule has 0 spiro atoms. The highest BCUT2D eigenvalue weighted by atomic mass is 15.1. The fourth-order valence-electron chi connectivity index (χ4n) is 8.34. The van der Waals surface area contributed by atoms with Gasteiger partial charge < -0.3 is 4.90 Å². The number of hydrogen-bond acceptors (Lipinski definition) is 1. The molecule has 268 valence electrons. The summed E-state index contributed by atoms with van der Waals surface area (Å²) in [5.41, 5.74) is 15.3. The molecule has 0 fully saturated rings. The Morgan fingerprint density at radius 1 is 0.211 bits per heavy atom. The average molecular weight is 726 g/mol. The summed E-state index contributed by atoms with van der Waals surface area (Å²) >= 11 is 0. The maximum absolute atomic E-state index is 2.42. The molecule has 10 aromatic rings. The SMILES string of the molecule is c1ccc(-c2ccc(N(c3cccc(-c4ccccc4-c4ccccc4-c4ccccc4)c3)c3ccc4ccc5ccccc5c4c3)cc2-c2ccccc2)cc1. The zero-order valence-corrected chi connectivity index (χ0v) is 31.5. The Labute approximate surface area is 334 Å². The molecule has 0 heterocycles. The van der Waals surface area contributed by atoms with Crippen molar-refractivity contribution < 1.29 is 0 Å². The van der Waals surface area contributed by atoms with Crippen LogP contribution in [0.4, 0.5) is 17.1 Å². The number of benzene rings is 10. The number of fused-ring (bicyclic) bond motifs is 3. The number of anilines is 3. The normalized spacial score (nSPS) is 11.2. The van der Waals surface area contributed by atoms with Crippen LogP contribution in [0.15, 0.2) is 237 Å². The quantitative estimate of drug-likeness (QED) is 0.141. The molecule has 0 amide bonds. The lowest BCUT2D eigenvalue weighted by atomic mass is 9.89. The Kier molecular flexibility index (Phi) is 8.95. The summed E-state index contributed by atoms with van der Waals surface area (Å²) in [6.07, 6.45) is 0. The van der Waals surface area contributed by atoms with Gasteiger partial charge in [-0.1, -0.05) is 200 Å². The minimum absolute atomic E-state index is 1.09. The summed E-state index contributed by atoms with van der Waals surface area (Å²) in [4.78, 5) is 2.42. The molecule has 0 unspecified atom stereocenters. The van der Waals surface area contributed by atoms with Crippen molar-refractivity contribution in [2.75, 3.05) is 4.90 Å². The molecular formula is C56H39N. The molecule has 1 nitrogen and oxygen atoms in total. The van der Waals surface area contributed by atoms with Crippen LogP contribution in [0.25, 0.3) is 77.2 Å². The van der Waals surface area contributed by atoms with Crippen molar-refractivity contribution in [1.82, 2.24) is 0 Å². The highest BCUT2D eigenvalue weighted by Crippen LogP contribution is 2.44. The van der Waals surface area contributed by atoms with Crippen molar-refractivity contribution in [3.05, 3.63) is 237 Å². The smallest absolute Gasteiger partial charge is 0.0468 e. The minimum atomic E-state index is 1.09. The van der Waals surface area contributed by atoms with E-state index in [1.165, 1.54) is 71.6 Å². The van der Waals surface area contributed by atoms with Gasteiger partial charge in [-0.3, -0.25) is 0 Å². The molecule has 57 heavy (non-hydrogen) atoms. The summed E-state index contributed by atoms with van der Waals surface area (Å²) in [5, 5.41) is 4.95. The van der Waals surface area contributed by atoms with Crippen LogP contribution < -0.4 is 4.90 Å². The zero-order valence-electron chi connectivity index (χ0n) is 31.5. The third-order valence-corrected chi connectivity index (χ3v) is 11.1. The fourth-order valence-corrected chi connectivity index (χ4v) is 8.34. The Balaban J connectivity index is 1.18. The van der Waals surface area contributed by atoms with E-state index in [0.717, 1.165) is 22.6 Å². The first-order valence-corrected chi connectivity index (χ1v) is 19.6. The van der Waals surface area contributed by atoms with Crippen LogP contribution in [0.3, 0.4) is 0 Å². The lowest BCUT2D eigenvalue weighted by Gasteiger charge is -2.28. The molecule has 0 atom stereocenters. The molecule has 0 aliphatic heterocycles. The van der Waals surface area contributed by atoms with Gasteiger partial charge in [0.2, 0.25) is 0 Å². The number of hydrogen-bond donors (Lipinski definition) is 0. The molecule has 0 radical (unpaired) electrons. The van der Waals surface area contributed by atoms with Crippen molar-refractivity contribution >= 4 is 38.6 Å². The largest absolute Gasteiger partial charge is 0.310 e. The molecule has 10 aromatic carbocycles. The van der Waals surface area contributed by atoms with Crippen LogP contribution in [-0.2, 0) is 0 Å². The van der Waals surface area contributed by atoms with Gasteiger partial charge in [0, 0.05) is 17.1 Å². The third-order valence-electron chi connectivity index (χ3n) is 11.1. The van der Waals surface area contributed by atoms with Gasteiger partial charge in [0.1, 0.15) is 0 Å². The number of nitrogens with zero attached hydrogens (tertiary/aromatic N) is 1. The van der Waals surface area contributed by atoms with Crippen molar-refractivity contribution in [2.24, 2.45) is 0 Å². The van der Waals surface area contributed by atoms with Gasteiger partial charge in [-0.2, -0.15) is 0 Å². The van der Waals surface area contributed by atoms with Crippen molar-refractivity contribution in [3.8, 4) is 55.6 Å². The molecule has 0 saturated carbocycles. The van der Waals surface area contributed by atoms with Crippen LogP contribution >= 0.6 is 0 Å². The molecule has 0 bridgehead atoms. The summed E-state index contributed by atoms with van der Waals surface area (Å²) < 4.78 is 0. The first-order valence-electron chi connectivity index (χ1n) is 19.6. The number of rotatable bonds is 8. The van der Waals surface area contributed by atoms with Crippen molar-refractivity contribution in [1.29, 1.82) is 0 Å². The summed E-state index contributed by atoms with van der Waals surface area (Å²) in [6, 6.07) is 85.7. The fraction of sp³-hybridized carbons (Fsp3) is 0. The highest BCUT2D eigenvalue weighted by molar-refractivity contribution is 6.09. The predicted octanol–water partition coefficient (Wildman–Crippen LogP) is 15.8. The van der Waals surface area contributed by atoms with E-state index in [2.05, 4.69) is 241 Å². The lowest BCUT2D eigenvalue weighted by Crippen LogP contribution is -2.10. The second-order valence-electron chi connectivity index (χ2n) is 14.5. The van der Waals surface area contributed by atoms with Crippen LogP contribution in [0.1, 0.15) is 0 Å². The average Bonchev–Trinajstić information content (AvgIpc) is 3.30. The zero-order chi connectivity index (χ0) is 38.0. The predicted molar refractivity (Wildman–Crippen MR) is 243 cm³/mol. The van der Waals surface area contributed by atoms with Gasteiger partial charge >= 0.3 is 0 Å². The molecule has 0 aromatic heterocycles. The van der Waals surface area contributed by atoms with Gasteiger partial charge in [-0.05, 0) is 114 Å². The highest BCUT2D eigenvalue weighted by Gasteiger charge is 2.19. The van der Waals surface area contributed by atoms with Gasteiger partial charge in [0.15, 0.2) is 0 Å². The summed E-state index contributed by atoms with van der Waals surface area (Å²) in [7, 11) is 0. The van der Waals surface area contributed by atoms with E-state index in [4.69, 9.17) is 0 Å². The molecule has 1 heteroatoms. The monoisotopic (exact) mass is 725 g/mol. The van der Waals surface area contributed by atoms with E-state index in [0.29, 0.717) is 0 Å². The van der Waals surface area contributed by atoms with Crippen molar-refractivity contribution in [3.63, 3.8) is 0 Å². The van der Waals surface area contributed by atoms with E-state index in [1.54, 1.807) is 0 Å². The third kappa shape index (κ3) is 6.56. The van der Waals surface area contributed by atoms with E-state index < -0.39 is 0 Å². The van der Waals surface area contributed by atoms with Gasteiger partial charge in [-0.15, -0.1) is 0 Å². The second kappa shape index (κ2) is 15.0. The Morgan fingerprint density at radius 2 is 0.632 bits per heavy atom. The Morgan fingerprint density at radius 3 is 1.28 bits per heavy atom. The van der Waals surface area contributed by atoms with Crippen LogP contribution in [-0.4, -0.2) is 0 Å². The Bertz CT molecular complexity index is 3000. The maximum Gasteiger partial charge on any atom is 0.0468 e. The van der Waals surface area contributed by atoms with Crippen molar-refractivity contribution in [2.45, 2.75) is 0 Å². The molecule has 0 saturated heterocycles. The summed E-state index contributed by atoms with van der Waals surface area (Å²) in [5.74, 6) is 0. The molecule has 0 aliphatic rings. The summed E-state index contributed by atoms with van der Waals surface area (Å²) in [6.45, 7) is 0. The van der Waals surface area contributed by atoms with Gasteiger partial charge in [0.25, 0.3) is 0 Å². The van der Waals surface area contributed by atoms with E-state index in [9.17, 15) is 0 Å². The topological polar surface area (TPSA) is 3.24 Å². The molecular weight excluding hydrogens is 687 g/mol. The van der Waals surface area contributed by atoms with Crippen LogP contribution in [0.5, 0.6) is 0 Å². The van der Waals surface area contributed by atoms with E-state index >= 15 is 0 Å². The van der Waals surface area contributed by atoms with Gasteiger partial charge in [-0.25, -0.2) is 0 Å². The van der Waals surface area contributed by atoms with Crippen LogP contribution in [0.2, 0.25) is 0 Å². The molecule has 0 N–H and O–H groups in total. The lowest BCUT2D eigenvalue weighted by molar-refractivity contribution is 1.29.